The molecule has 1 saturated heterocycles. The molecule has 2 heteroatoms. The summed E-state index contributed by atoms with van der Waals surface area (Å²) in [6.45, 7) is 4.59. The third-order valence-electron chi connectivity index (χ3n) is 3.01. The Kier molecular flexibility index (Phi) is 2.40. The zero-order valence-corrected chi connectivity index (χ0v) is 8.29. The maximum atomic E-state index is 5.91. The van der Waals surface area contributed by atoms with Crippen molar-refractivity contribution in [3.05, 3.63) is 23.4 Å². The van der Waals surface area contributed by atoms with E-state index in [0.29, 0.717) is 0 Å². The maximum Gasteiger partial charge on any atom is 0.0326 e. The minimum Gasteiger partial charge on any atom is -0.372 e. The van der Waals surface area contributed by atoms with Crippen LogP contribution in [0.5, 0.6) is 0 Å². The first-order valence-corrected chi connectivity index (χ1v) is 5.16. The van der Waals surface area contributed by atoms with Crippen LogP contribution < -0.4 is 5.73 Å². The largest absolute Gasteiger partial charge is 0.372 e. The van der Waals surface area contributed by atoms with E-state index in [9.17, 15) is 0 Å². The van der Waals surface area contributed by atoms with E-state index in [-0.39, 0.29) is 6.04 Å². The fourth-order valence-electron chi connectivity index (χ4n) is 2.03. The molecule has 0 aromatic carbocycles. The molecule has 1 aliphatic heterocycles. The van der Waals surface area contributed by atoms with E-state index in [1.165, 1.54) is 37.2 Å². The lowest BCUT2D eigenvalue weighted by molar-refractivity contribution is 0.433. The van der Waals surface area contributed by atoms with E-state index in [2.05, 4.69) is 24.0 Å². The Bertz CT molecular complexity index is 247. The van der Waals surface area contributed by atoms with Gasteiger partial charge in [-0.05, 0) is 32.3 Å². The molecule has 2 aliphatic rings. The van der Waals surface area contributed by atoms with Crippen molar-refractivity contribution in [3.63, 3.8) is 0 Å². The van der Waals surface area contributed by atoms with Crippen LogP contribution in [-0.2, 0) is 0 Å². The van der Waals surface area contributed by atoms with Gasteiger partial charge >= 0.3 is 0 Å². The predicted octanol–water partition coefficient (Wildman–Crippen LogP) is 1.64. The average Bonchev–Trinajstić information content (AvgIpc) is 2.62. The first-order valence-electron chi connectivity index (χ1n) is 5.16. The highest BCUT2D eigenvalue weighted by Gasteiger charge is 2.17. The van der Waals surface area contributed by atoms with Crippen LogP contribution >= 0.6 is 0 Å². The Labute approximate surface area is 80.1 Å². The Balaban J connectivity index is 2.08. The van der Waals surface area contributed by atoms with Crippen molar-refractivity contribution in [1.82, 2.24) is 4.90 Å². The highest BCUT2D eigenvalue weighted by molar-refractivity contribution is 5.30. The van der Waals surface area contributed by atoms with E-state index in [1.807, 2.05) is 0 Å². The summed E-state index contributed by atoms with van der Waals surface area (Å²) in [5.74, 6) is 0. The number of rotatable bonds is 1. The normalized spacial score (nSPS) is 28.8. The Morgan fingerprint density at radius 2 is 2.08 bits per heavy atom. The van der Waals surface area contributed by atoms with Gasteiger partial charge in [-0.2, -0.15) is 0 Å². The smallest absolute Gasteiger partial charge is 0.0326 e. The van der Waals surface area contributed by atoms with Crippen LogP contribution in [0.25, 0.3) is 0 Å². The van der Waals surface area contributed by atoms with Crippen molar-refractivity contribution in [2.75, 3.05) is 13.1 Å². The standard InChI is InChI=1S/C11H18N2/c1-9-8-10(4-5-11(9)12)13-6-2-3-7-13/h4,8,11H,2-3,5-7,12H2,1H3. The number of nitrogens with zero attached hydrogens (tertiary/aromatic N) is 1. The quantitative estimate of drug-likeness (QED) is 0.661. The number of likely N-dealkylation sites (tertiary alicyclic amines) is 1. The van der Waals surface area contributed by atoms with Crippen molar-refractivity contribution < 1.29 is 0 Å². The van der Waals surface area contributed by atoms with Crippen LogP contribution in [0, 0.1) is 0 Å². The second-order valence-corrected chi connectivity index (χ2v) is 4.05. The molecular weight excluding hydrogens is 160 g/mol. The monoisotopic (exact) mass is 178 g/mol. The minimum absolute atomic E-state index is 0.256. The molecule has 0 radical (unpaired) electrons. The Morgan fingerprint density at radius 1 is 1.38 bits per heavy atom. The number of nitrogens with two attached hydrogens (primary N) is 1. The molecule has 1 heterocycles. The van der Waals surface area contributed by atoms with E-state index >= 15 is 0 Å². The third kappa shape index (κ3) is 1.78. The molecule has 1 fully saturated rings. The van der Waals surface area contributed by atoms with Crippen molar-refractivity contribution in [3.8, 4) is 0 Å². The minimum atomic E-state index is 0.256. The van der Waals surface area contributed by atoms with Crippen LogP contribution in [-0.4, -0.2) is 24.0 Å². The fraction of sp³-hybridized carbons (Fsp3) is 0.636. The molecule has 0 aromatic rings. The molecule has 0 saturated carbocycles. The van der Waals surface area contributed by atoms with Crippen LogP contribution in [0.15, 0.2) is 23.4 Å². The molecule has 1 aliphatic carbocycles. The Morgan fingerprint density at radius 3 is 2.69 bits per heavy atom. The van der Waals surface area contributed by atoms with Gasteiger partial charge in [0.05, 0.1) is 0 Å². The van der Waals surface area contributed by atoms with Gasteiger partial charge in [-0.3, -0.25) is 0 Å². The zero-order valence-electron chi connectivity index (χ0n) is 8.29. The van der Waals surface area contributed by atoms with Crippen molar-refractivity contribution in [1.29, 1.82) is 0 Å². The highest BCUT2D eigenvalue weighted by atomic mass is 15.1. The van der Waals surface area contributed by atoms with E-state index < -0.39 is 0 Å². The van der Waals surface area contributed by atoms with Crippen molar-refractivity contribution >= 4 is 0 Å². The summed E-state index contributed by atoms with van der Waals surface area (Å²) in [5, 5.41) is 0. The lowest BCUT2D eigenvalue weighted by Gasteiger charge is -2.24. The van der Waals surface area contributed by atoms with Crippen LogP contribution in [0.3, 0.4) is 0 Å². The van der Waals surface area contributed by atoms with Gasteiger partial charge in [0.25, 0.3) is 0 Å². The number of hydrogen-bond acceptors (Lipinski definition) is 2. The van der Waals surface area contributed by atoms with Gasteiger partial charge in [0.2, 0.25) is 0 Å². The van der Waals surface area contributed by atoms with Gasteiger partial charge in [0, 0.05) is 24.8 Å². The van der Waals surface area contributed by atoms with E-state index in [4.69, 9.17) is 5.73 Å². The molecule has 0 aromatic heterocycles. The van der Waals surface area contributed by atoms with Gasteiger partial charge < -0.3 is 10.6 Å². The van der Waals surface area contributed by atoms with E-state index in [0.717, 1.165) is 6.42 Å². The molecular formula is C11H18N2. The average molecular weight is 178 g/mol. The molecule has 0 bridgehead atoms. The zero-order chi connectivity index (χ0) is 9.26. The lowest BCUT2D eigenvalue weighted by atomic mass is 9.99. The topological polar surface area (TPSA) is 29.3 Å². The summed E-state index contributed by atoms with van der Waals surface area (Å²) in [7, 11) is 0. The fourth-order valence-corrected chi connectivity index (χ4v) is 2.03. The summed E-state index contributed by atoms with van der Waals surface area (Å²) < 4.78 is 0. The summed E-state index contributed by atoms with van der Waals surface area (Å²) in [4.78, 5) is 2.47. The highest BCUT2D eigenvalue weighted by Crippen LogP contribution is 2.22. The number of hydrogen-bond donors (Lipinski definition) is 1. The van der Waals surface area contributed by atoms with Crippen LogP contribution in [0.4, 0.5) is 0 Å². The molecule has 0 amide bonds. The molecule has 13 heavy (non-hydrogen) atoms. The third-order valence-corrected chi connectivity index (χ3v) is 3.01. The summed E-state index contributed by atoms with van der Waals surface area (Å²) >= 11 is 0. The molecule has 2 N–H and O–H groups in total. The van der Waals surface area contributed by atoms with Crippen molar-refractivity contribution in [2.24, 2.45) is 5.73 Å². The first-order chi connectivity index (χ1) is 6.27. The van der Waals surface area contributed by atoms with Gasteiger partial charge in [-0.25, -0.2) is 0 Å². The summed E-state index contributed by atoms with van der Waals surface area (Å²) in [6.07, 6.45) is 8.23. The molecule has 1 atom stereocenters. The van der Waals surface area contributed by atoms with Gasteiger partial charge in [-0.15, -0.1) is 0 Å². The van der Waals surface area contributed by atoms with E-state index in [1.54, 1.807) is 0 Å². The second-order valence-electron chi connectivity index (χ2n) is 4.05. The SMILES string of the molecule is CC1=CC(N2CCCC2)=CCC1N. The molecule has 0 spiro atoms. The Hall–Kier alpha value is -0.760. The molecule has 2 nitrogen and oxygen atoms in total. The molecule has 2 rings (SSSR count). The van der Waals surface area contributed by atoms with Gasteiger partial charge in [-0.1, -0.05) is 11.6 Å². The first kappa shape index (κ1) is 8.82. The van der Waals surface area contributed by atoms with Crippen LogP contribution in [0.2, 0.25) is 0 Å². The van der Waals surface area contributed by atoms with Crippen LogP contribution in [0.1, 0.15) is 26.2 Å². The maximum absolute atomic E-state index is 5.91. The second kappa shape index (κ2) is 3.54. The molecule has 1 unspecified atom stereocenters. The number of allylic oxidation sites excluding steroid dienone is 1. The summed E-state index contributed by atoms with van der Waals surface area (Å²) in [5.41, 5.74) is 8.63. The van der Waals surface area contributed by atoms with Crippen molar-refractivity contribution in [2.45, 2.75) is 32.2 Å². The molecule has 72 valence electrons. The van der Waals surface area contributed by atoms with Gasteiger partial charge in [0.15, 0.2) is 0 Å². The predicted molar refractivity (Wildman–Crippen MR) is 55.2 cm³/mol. The van der Waals surface area contributed by atoms with Gasteiger partial charge in [0.1, 0.15) is 0 Å². The lowest BCUT2D eigenvalue weighted by Crippen LogP contribution is -2.26. The summed E-state index contributed by atoms with van der Waals surface area (Å²) in [6, 6.07) is 0.256.